The Balaban J connectivity index is 1.61. The fraction of sp³-hybridized carbons (Fsp3) is 0.176. The third-order valence-corrected chi connectivity index (χ3v) is 4.90. The predicted molar refractivity (Wildman–Crippen MR) is 85.6 cm³/mol. The lowest BCUT2D eigenvalue weighted by Crippen LogP contribution is -2.27. The van der Waals surface area contributed by atoms with Crippen molar-refractivity contribution in [3.63, 3.8) is 0 Å². The molecule has 4 rings (SSSR count). The first kappa shape index (κ1) is 12.5. The zero-order valence-corrected chi connectivity index (χ0v) is 12.2. The number of hydrogen-bond acceptors (Lipinski definition) is 3. The highest BCUT2D eigenvalue weighted by Gasteiger charge is 2.51. The van der Waals surface area contributed by atoms with E-state index in [-0.39, 0.29) is 11.3 Å². The highest BCUT2D eigenvalue weighted by Crippen LogP contribution is 2.48. The van der Waals surface area contributed by atoms with E-state index in [1.165, 1.54) is 11.5 Å². The topological polar surface area (TPSA) is 42.0 Å². The summed E-state index contributed by atoms with van der Waals surface area (Å²) in [6.07, 6.45) is 3.68. The van der Waals surface area contributed by atoms with Gasteiger partial charge in [0.2, 0.25) is 5.91 Å². The van der Waals surface area contributed by atoms with Crippen LogP contribution in [0.15, 0.2) is 54.7 Å². The predicted octanol–water partition coefficient (Wildman–Crippen LogP) is 3.97. The third-order valence-electron chi connectivity index (χ3n) is 4.12. The maximum atomic E-state index is 12.6. The molecule has 4 heteroatoms. The van der Waals surface area contributed by atoms with Gasteiger partial charge in [0, 0.05) is 17.3 Å². The number of rotatable bonds is 3. The van der Waals surface area contributed by atoms with Gasteiger partial charge < -0.3 is 5.32 Å². The molecule has 0 radical (unpaired) electrons. The van der Waals surface area contributed by atoms with E-state index in [1.807, 2.05) is 54.7 Å². The van der Waals surface area contributed by atoms with Crippen molar-refractivity contribution in [3.8, 4) is 0 Å². The Kier molecular flexibility index (Phi) is 2.79. The van der Waals surface area contributed by atoms with Crippen molar-refractivity contribution in [1.29, 1.82) is 0 Å². The van der Waals surface area contributed by atoms with E-state index in [0.29, 0.717) is 0 Å². The Hall–Kier alpha value is -2.20. The van der Waals surface area contributed by atoms with Gasteiger partial charge in [-0.1, -0.05) is 30.3 Å². The molecular formula is C17H14N2OS. The van der Waals surface area contributed by atoms with Gasteiger partial charge in [-0.2, -0.15) is 4.37 Å². The summed E-state index contributed by atoms with van der Waals surface area (Å²) in [6, 6.07) is 16.0. The molecule has 0 aliphatic heterocycles. The highest BCUT2D eigenvalue weighted by molar-refractivity contribution is 7.13. The molecule has 1 aliphatic carbocycles. The summed E-state index contributed by atoms with van der Waals surface area (Å²) in [5.41, 5.74) is 1.62. The van der Waals surface area contributed by atoms with Crippen LogP contribution in [0.5, 0.6) is 0 Å². The maximum Gasteiger partial charge on any atom is 0.235 e. The third kappa shape index (κ3) is 2.12. The Morgan fingerprint density at radius 2 is 1.95 bits per heavy atom. The number of carbonyl (C=O) groups excluding carboxylic acids is 1. The van der Waals surface area contributed by atoms with E-state index in [0.717, 1.165) is 34.2 Å². The van der Waals surface area contributed by atoms with Crippen LogP contribution in [0.2, 0.25) is 0 Å². The minimum Gasteiger partial charge on any atom is -0.325 e. The van der Waals surface area contributed by atoms with E-state index in [4.69, 9.17) is 0 Å². The quantitative estimate of drug-likeness (QED) is 0.794. The van der Waals surface area contributed by atoms with Crippen LogP contribution in [0.1, 0.15) is 18.4 Å². The molecule has 1 aromatic heterocycles. The number of hydrogen-bond donors (Lipinski definition) is 1. The Morgan fingerprint density at radius 1 is 1.14 bits per heavy atom. The van der Waals surface area contributed by atoms with E-state index >= 15 is 0 Å². The Labute approximate surface area is 126 Å². The van der Waals surface area contributed by atoms with Gasteiger partial charge in [-0.25, -0.2) is 0 Å². The van der Waals surface area contributed by atoms with Gasteiger partial charge in [0.1, 0.15) is 0 Å². The number of nitrogens with one attached hydrogen (secondary N) is 1. The minimum absolute atomic E-state index is 0.0937. The van der Waals surface area contributed by atoms with E-state index in [9.17, 15) is 4.79 Å². The number of nitrogens with zero attached hydrogens (tertiary/aromatic N) is 1. The first-order valence-corrected chi connectivity index (χ1v) is 7.77. The summed E-state index contributed by atoms with van der Waals surface area (Å²) < 4.78 is 5.30. The fourth-order valence-electron chi connectivity index (χ4n) is 2.73. The SMILES string of the molecule is O=C(Nc1ccc2sncc2c1)C1(c2ccccc2)CC1. The molecule has 1 N–H and O–H groups in total. The first-order chi connectivity index (χ1) is 10.3. The summed E-state index contributed by atoms with van der Waals surface area (Å²) in [5.74, 6) is 0.0937. The van der Waals surface area contributed by atoms with Crippen molar-refractivity contribution in [2.75, 3.05) is 5.32 Å². The standard InChI is InChI=1S/C17H14N2OS/c20-16(17(8-9-17)13-4-2-1-3-5-13)19-14-6-7-15-12(10-14)11-18-21-15/h1-7,10-11H,8-9H2,(H,19,20). The molecular weight excluding hydrogens is 280 g/mol. The van der Waals surface area contributed by atoms with Crippen LogP contribution < -0.4 is 5.32 Å². The van der Waals surface area contributed by atoms with Crippen LogP contribution in [0.4, 0.5) is 5.69 Å². The number of anilines is 1. The minimum atomic E-state index is -0.330. The Bertz CT molecular complexity index is 806. The van der Waals surface area contributed by atoms with Gasteiger partial charge >= 0.3 is 0 Å². The number of fused-ring (bicyclic) bond motifs is 1. The molecule has 1 amide bonds. The summed E-state index contributed by atoms with van der Waals surface area (Å²) >= 11 is 1.47. The van der Waals surface area contributed by atoms with Crippen LogP contribution in [0.3, 0.4) is 0 Å². The lowest BCUT2D eigenvalue weighted by atomic mass is 9.95. The zero-order chi connectivity index (χ0) is 14.3. The lowest BCUT2D eigenvalue weighted by molar-refractivity contribution is -0.118. The van der Waals surface area contributed by atoms with Crippen LogP contribution >= 0.6 is 11.5 Å². The normalized spacial score (nSPS) is 15.8. The lowest BCUT2D eigenvalue weighted by Gasteiger charge is -2.15. The van der Waals surface area contributed by atoms with Crippen LogP contribution in [0, 0.1) is 0 Å². The van der Waals surface area contributed by atoms with Gasteiger partial charge in [0.25, 0.3) is 0 Å². The van der Waals surface area contributed by atoms with Gasteiger partial charge in [-0.05, 0) is 48.1 Å². The summed E-state index contributed by atoms with van der Waals surface area (Å²) in [7, 11) is 0. The fourth-order valence-corrected chi connectivity index (χ4v) is 3.36. The van der Waals surface area contributed by atoms with E-state index < -0.39 is 0 Å². The highest BCUT2D eigenvalue weighted by atomic mass is 32.1. The molecule has 3 aromatic rings. The molecule has 1 heterocycles. The van der Waals surface area contributed by atoms with Gasteiger partial charge in [-0.3, -0.25) is 4.79 Å². The summed E-state index contributed by atoms with van der Waals surface area (Å²) in [4.78, 5) is 12.6. The molecule has 1 fully saturated rings. The molecule has 21 heavy (non-hydrogen) atoms. The molecule has 0 saturated heterocycles. The molecule has 104 valence electrons. The molecule has 1 aliphatic rings. The largest absolute Gasteiger partial charge is 0.325 e. The maximum absolute atomic E-state index is 12.6. The van der Waals surface area contributed by atoms with Crippen LogP contribution in [0.25, 0.3) is 10.1 Å². The molecule has 3 nitrogen and oxygen atoms in total. The number of carbonyl (C=O) groups is 1. The van der Waals surface area contributed by atoms with Crippen molar-refractivity contribution in [2.24, 2.45) is 0 Å². The zero-order valence-electron chi connectivity index (χ0n) is 11.4. The van der Waals surface area contributed by atoms with Crippen molar-refractivity contribution < 1.29 is 4.79 Å². The molecule has 0 bridgehead atoms. The second-order valence-electron chi connectivity index (χ2n) is 5.48. The van der Waals surface area contributed by atoms with Gasteiger partial charge in [0.15, 0.2) is 0 Å². The molecule has 1 saturated carbocycles. The average Bonchev–Trinajstić information content (AvgIpc) is 3.21. The molecule has 0 atom stereocenters. The molecule has 0 spiro atoms. The van der Waals surface area contributed by atoms with Gasteiger partial charge in [0.05, 0.1) is 10.1 Å². The number of benzene rings is 2. The van der Waals surface area contributed by atoms with Crippen LogP contribution in [-0.4, -0.2) is 10.3 Å². The Morgan fingerprint density at radius 3 is 2.71 bits per heavy atom. The van der Waals surface area contributed by atoms with Crippen LogP contribution in [-0.2, 0) is 10.2 Å². The number of aromatic nitrogens is 1. The van der Waals surface area contributed by atoms with E-state index in [2.05, 4.69) is 9.69 Å². The van der Waals surface area contributed by atoms with Crippen molar-refractivity contribution in [3.05, 3.63) is 60.3 Å². The van der Waals surface area contributed by atoms with Gasteiger partial charge in [-0.15, -0.1) is 0 Å². The first-order valence-electron chi connectivity index (χ1n) is 6.99. The van der Waals surface area contributed by atoms with Crippen molar-refractivity contribution >= 4 is 33.2 Å². The van der Waals surface area contributed by atoms with Crippen molar-refractivity contribution in [2.45, 2.75) is 18.3 Å². The van der Waals surface area contributed by atoms with E-state index in [1.54, 1.807) is 0 Å². The molecule has 0 unspecified atom stereocenters. The summed E-state index contributed by atoms with van der Waals surface area (Å²) in [6.45, 7) is 0. The average molecular weight is 294 g/mol. The molecule has 2 aromatic carbocycles. The number of amides is 1. The second kappa shape index (κ2) is 4.67. The van der Waals surface area contributed by atoms with Crippen molar-refractivity contribution in [1.82, 2.24) is 4.37 Å². The second-order valence-corrected chi connectivity index (χ2v) is 6.31. The smallest absolute Gasteiger partial charge is 0.235 e. The monoisotopic (exact) mass is 294 g/mol. The summed E-state index contributed by atoms with van der Waals surface area (Å²) in [5, 5.41) is 4.13.